The van der Waals surface area contributed by atoms with E-state index in [0.717, 1.165) is 75.4 Å². The highest BCUT2D eigenvalue weighted by atomic mass is 16.6. The number of hydrazone groups is 1. The summed E-state index contributed by atoms with van der Waals surface area (Å²) in [7, 11) is 0. The molecular formula is C21H31N5O3. The zero-order chi connectivity index (χ0) is 20.5. The molecule has 0 bridgehead atoms. The Kier molecular flexibility index (Phi) is 8.01. The minimum absolute atomic E-state index is 0.0556. The standard InChI is InChI=1S/C21H31N5O3/c1-2-3-8-22-23-14-17-4-6-18(7-5-17)20-13-19(29-24-20)15-25-9-11-26(12-10-25)16-21(27)28/h4-7,14,19,22H,2-3,8-13,15-16H2,1H3,(H,27,28)/b23-14+. The Morgan fingerprint density at radius 2 is 2.00 bits per heavy atom. The van der Waals surface area contributed by atoms with Crippen molar-refractivity contribution in [2.75, 3.05) is 45.8 Å². The first kappa shape index (κ1) is 21.3. The predicted molar refractivity (Wildman–Crippen MR) is 113 cm³/mol. The highest BCUT2D eigenvalue weighted by Crippen LogP contribution is 2.18. The van der Waals surface area contributed by atoms with Gasteiger partial charge in [0.15, 0.2) is 0 Å². The maximum Gasteiger partial charge on any atom is 0.317 e. The Morgan fingerprint density at radius 3 is 2.69 bits per heavy atom. The van der Waals surface area contributed by atoms with E-state index >= 15 is 0 Å². The molecule has 1 unspecified atom stereocenters. The Labute approximate surface area is 172 Å². The molecule has 0 aliphatic carbocycles. The fraction of sp³-hybridized carbons (Fsp3) is 0.571. The van der Waals surface area contributed by atoms with Crippen molar-refractivity contribution in [3.8, 4) is 0 Å². The summed E-state index contributed by atoms with van der Waals surface area (Å²) in [6, 6.07) is 8.20. The van der Waals surface area contributed by atoms with E-state index in [2.05, 4.69) is 39.6 Å². The van der Waals surface area contributed by atoms with E-state index in [0.29, 0.717) is 0 Å². The molecule has 29 heavy (non-hydrogen) atoms. The fourth-order valence-corrected chi connectivity index (χ4v) is 3.51. The first-order valence-electron chi connectivity index (χ1n) is 10.4. The molecule has 0 amide bonds. The third kappa shape index (κ3) is 6.83. The molecule has 1 saturated heterocycles. The summed E-state index contributed by atoms with van der Waals surface area (Å²) in [5, 5.41) is 17.4. The minimum Gasteiger partial charge on any atom is -0.480 e. The zero-order valence-corrected chi connectivity index (χ0v) is 17.1. The van der Waals surface area contributed by atoms with Gasteiger partial charge in [-0.25, -0.2) is 0 Å². The van der Waals surface area contributed by atoms with Crippen molar-refractivity contribution < 1.29 is 14.7 Å². The molecule has 2 aliphatic heterocycles. The van der Waals surface area contributed by atoms with Crippen molar-refractivity contribution in [2.24, 2.45) is 10.3 Å². The van der Waals surface area contributed by atoms with Gasteiger partial charge in [0.05, 0.1) is 18.5 Å². The van der Waals surface area contributed by atoms with Crippen LogP contribution in [-0.4, -0.2) is 84.7 Å². The van der Waals surface area contributed by atoms with Crippen LogP contribution in [0.1, 0.15) is 37.3 Å². The van der Waals surface area contributed by atoms with Crippen LogP contribution in [0.2, 0.25) is 0 Å². The number of nitrogens with zero attached hydrogens (tertiary/aromatic N) is 4. The molecule has 1 aromatic rings. The average molecular weight is 402 g/mol. The maximum atomic E-state index is 10.8. The number of hydrogen-bond acceptors (Lipinski definition) is 7. The lowest BCUT2D eigenvalue weighted by molar-refractivity contribution is -0.138. The summed E-state index contributed by atoms with van der Waals surface area (Å²) in [5.74, 6) is -0.763. The van der Waals surface area contributed by atoms with Crippen LogP contribution < -0.4 is 5.43 Å². The molecule has 2 heterocycles. The summed E-state index contributed by atoms with van der Waals surface area (Å²) < 4.78 is 0. The topological polar surface area (TPSA) is 89.8 Å². The van der Waals surface area contributed by atoms with Gasteiger partial charge in [-0.15, -0.1) is 0 Å². The van der Waals surface area contributed by atoms with E-state index in [-0.39, 0.29) is 12.6 Å². The van der Waals surface area contributed by atoms with Crippen LogP contribution in [0.25, 0.3) is 0 Å². The Morgan fingerprint density at radius 1 is 1.28 bits per heavy atom. The normalized spacial score (nSPS) is 20.6. The van der Waals surface area contributed by atoms with Gasteiger partial charge in [-0.2, -0.15) is 5.10 Å². The Hall–Kier alpha value is -2.45. The van der Waals surface area contributed by atoms with E-state index in [1.54, 1.807) is 0 Å². The van der Waals surface area contributed by atoms with Crippen LogP contribution >= 0.6 is 0 Å². The number of oxime groups is 1. The zero-order valence-electron chi connectivity index (χ0n) is 17.1. The molecule has 8 nitrogen and oxygen atoms in total. The monoisotopic (exact) mass is 401 g/mol. The molecule has 1 fully saturated rings. The summed E-state index contributed by atoms with van der Waals surface area (Å²) >= 11 is 0. The van der Waals surface area contributed by atoms with E-state index in [1.165, 1.54) is 0 Å². The van der Waals surface area contributed by atoms with Gasteiger partial charge in [0.1, 0.15) is 6.10 Å². The summed E-state index contributed by atoms with van der Waals surface area (Å²) in [6.07, 6.45) is 4.96. The van der Waals surface area contributed by atoms with Gasteiger partial charge in [0.25, 0.3) is 0 Å². The average Bonchev–Trinajstić information content (AvgIpc) is 3.18. The SMILES string of the molecule is CCCCN/N=C/c1ccc(C2=NOC(CN3CCN(CC(=O)O)CC3)C2)cc1. The minimum atomic E-state index is -0.763. The number of carboxylic acids is 1. The van der Waals surface area contributed by atoms with E-state index in [1.807, 2.05) is 23.2 Å². The number of carboxylic acid groups (broad SMARTS) is 1. The number of nitrogens with one attached hydrogen (secondary N) is 1. The van der Waals surface area contributed by atoms with E-state index < -0.39 is 5.97 Å². The fourth-order valence-electron chi connectivity index (χ4n) is 3.51. The Balaban J connectivity index is 1.41. The highest BCUT2D eigenvalue weighted by molar-refractivity contribution is 6.01. The number of carbonyl (C=O) groups is 1. The van der Waals surface area contributed by atoms with Gasteiger partial charge in [-0.05, 0) is 17.5 Å². The van der Waals surface area contributed by atoms with Gasteiger partial charge < -0.3 is 15.4 Å². The highest BCUT2D eigenvalue weighted by Gasteiger charge is 2.26. The lowest BCUT2D eigenvalue weighted by atomic mass is 10.0. The summed E-state index contributed by atoms with van der Waals surface area (Å²) in [5.41, 5.74) is 6.15. The van der Waals surface area contributed by atoms with Crippen molar-refractivity contribution in [1.29, 1.82) is 0 Å². The largest absolute Gasteiger partial charge is 0.480 e. The number of rotatable bonds is 10. The lowest BCUT2D eigenvalue weighted by Gasteiger charge is -2.34. The Bertz CT molecular complexity index is 712. The van der Waals surface area contributed by atoms with Crippen molar-refractivity contribution in [3.63, 3.8) is 0 Å². The van der Waals surface area contributed by atoms with Gasteiger partial charge in [0.2, 0.25) is 0 Å². The molecule has 0 radical (unpaired) electrons. The van der Waals surface area contributed by atoms with Crippen molar-refractivity contribution >= 4 is 17.9 Å². The van der Waals surface area contributed by atoms with E-state index in [4.69, 9.17) is 9.94 Å². The maximum absolute atomic E-state index is 10.8. The van der Waals surface area contributed by atoms with Crippen LogP contribution in [0, 0.1) is 0 Å². The third-order valence-corrected chi connectivity index (χ3v) is 5.21. The van der Waals surface area contributed by atoms with Crippen LogP contribution in [-0.2, 0) is 9.63 Å². The van der Waals surface area contributed by atoms with Gasteiger partial charge in [-0.3, -0.25) is 14.6 Å². The first-order valence-corrected chi connectivity index (χ1v) is 10.4. The number of benzene rings is 1. The van der Waals surface area contributed by atoms with Crippen molar-refractivity contribution in [2.45, 2.75) is 32.3 Å². The van der Waals surface area contributed by atoms with Crippen LogP contribution in [0.5, 0.6) is 0 Å². The predicted octanol–water partition coefficient (Wildman–Crippen LogP) is 1.61. The first-order chi connectivity index (χ1) is 14.1. The molecular weight excluding hydrogens is 370 g/mol. The van der Waals surface area contributed by atoms with Crippen LogP contribution in [0.4, 0.5) is 0 Å². The third-order valence-electron chi connectivity index (χ3n) is 5.21. The second kappa shape index (κ2) is 10.9. The van der Waals surface area contributed by atoms with Crippen molar-refractivity contribution in [1.82, 2.24) is 15.2 Å². The number of aliphatic carboxylic acids is 1. The molecule has 8 heteroatoms. The molecule has 158 valence electrons. The number of hydrogen-bond donors (Lipinski definition) is 2. The molecule has 3 rings (SSSR count). The van der Waals surface area contributed by atoms with Gasteiger partial charge in [0, 0.05) is 45.7 Å². The smallest absolute Gasteiger partial charge is 0.317 e. The van der Waals surface area contributed by atoms with Crippen molar-refractivity contribution in [3.05, 3.63) is 35.4 Å². The van der Waals surface area contributed by atoms with Crippen LogP contribution in [0.15, 0.2) is 34.5 Å². The molecule has 1 atom stereocenters. The quantitative estimate of drug-likeness (QED) is 0.352. The molecule has 0 aromatic heterocycles. The number of piperazine rings is 1. The molecule has 2 aliphatic rings. The summed E-state index contributed by atoms with van der Waals surface area (Å²) in [4.78, 5) is 20.8. The van der Waals surface area contributed by atoms with E-state index in [9.17, 15) is 4.79 Å². The van der Waals surface area contributed by atoms with Crippen LogP contribution in [0.3, 0.4) is 0 Å². The second-order valence-corrected chi connectivity index (χ2v) is 7.58. The summed E-state index contributed by atoms with van der Waals surface area (Å²) in [6.45, 7) is 7.29. The van der Waals surface area contributed by atoms with Gasteiger partial charge in [-0.1, -0.05) is 42.8 Å². The molecule has 1 aromatic carbocycles. The van der Waals surface area contributed by atoms with Gasteiger partial charge >= 0.3 is 5.97 Å². The number of unbranched alkanes of at least 4 members (excludes halogenated alkanes) is 1. The molecule has 0 spiro atoms. The molecule has 2 N–H and O–H groups in total. The second-order valence-electron chi connectivity index (χ2n) is 7.58. The lowest BCUT2D eigenvalue weighted by Crippen LogP contribution is -2.49. The molecule has 0 saturated carbocycles.